The van der Waals surface area contributed by atoms with Crippen LogP contribution in [0.15, 0.2) is 12.1 Å². The van der Waals surface area contributed by atoms with Crippen molar-refractivity contribution in [1.82, 2.24) is 0 Å². The van der Waals surface area contributed by atoms with E-state index in [-0.39, 0.29) is 0 Å². The molecule has 0 aliphatic carbocycles. The maximum Gasteiger partial charge on any atom is 0.124 e. The van der Waals surface area contributed by atoms with Gasteiger partial charge in [0.2, 0.25) is 0 Å². The largest absolute Gasteiger partial charge is 0.230 e. The first kappa shape index (κ1) is 27.1. The molecular weight excluding hydrogens is 376 g/mol. The maximum absolute atomic E-state index is 6.09. The molecule has 0 saturated heterocycles. The molecule has 0 N–H and O–H groups in total. The first-order valence-electron chi connectivity index (χ1n) is 11.2. The molecule has 0 amide bonds. The highest BCUT2D eigenvalue weighted by atomic mass is 17.2. The molecule has 0 aromatic heterocycles. The van der Waals surface area contributed by atoms with E-state index in [0.29, 0.717) is 11.8 Å². The molecule has 0 bridgehead atoms. The summed E-state index contributed by atoms with van der Waals surface area (Å²) in [7, 11) is 0. The summed E-state index contributed by atoms with van der Waals surface area (Å²) in [6.07, 6.45) is 0. The van der Waals surface area contributed by atoms with E-state index in [1.807, 2.05) is 55.4 Å². The predicted molar refractivity (Wildman–Crippen MR) is 125 cm³/mol. The van der Waals surface area contributed by atoms with E-state index < -0.39 is 22.4 Å². The lowest BCUT2D eigenvalue weighted by Crippen LogP contribution is -2.36. The lowest BCUT2D eigenvalue weighted by Gasteiger charge is -2.38. The molecule has 30 heavy (non-hydrogen) atoms. The minimum Gasteiger partial charge on any atom is -0.230 e. The molecule has 0 unspecified atom stereocenters. The fourth-order valence-corrected chi connectivity index (χ4v) is 3.46. The van der Waals surface area contributed by atoms with Gasteiger partial charge in [0, 0.05) is 0 Å². The van der Waals surface area contributed by atoms with E-state index in [9.17, 15) is 0 Å². The first-order valence-corrected chi connectivity index (χ1v) is 11.2. The van der Waals surface area contributed by atoms with Crippen LogP contribution in [0.25, 0.3) is 0 Å². The molecule has 0 atom stereocenters. The molecule has 4 nitrogen and oxygen atoms in total. The highest BCUT2D eigenvalue weighted by molar-refractivity contribution is 5.49. The Labute approximate surface area is 185 Å². The molecule has 1 aromatic carbocycles. The SMILES string of the molecule is CC(C)c1ccc(C(C)(C)OOC(C)(C)C)c(C(C)(C)OOC(C)(C)C)c1C(C)C. The van der Waals surface area contributed by atoms with Crippen molar-refractivity contribution in [3.8, 4) is 0 Å². The Morgan fingerprint density at radius 1 is 0.567 bits per heavy atom. The second-order valence-corrected chi connectivity index (χ2v) is 11.9. The highest BCUT2D eigenvalue weighted by Crippen LogP contribution is 2.44. The van der Waals surface area contributed by atoms with Crippen LogP contribution in [0.1, 0.15) is 131 Å². The summed E-state index contributed by atoms with van der Waals surface area (Å²) in [5.41, 5.74) is 2.59. The third kappa shape index (κ3) is 7.33. The Morgan fingerprint density at radius 3 is 1.37 bits per heavy atom. The van der Waals surface area contributed by atoms with Crippen molar-refractivity contribution in [2.75, 3.05) is 0 Å². The van der Waals surface area contributed by atoms with Crippen molar-refractivity contribution in [3.05, 3.63) is 34.4 Å². The zero-order valence-electron chi connectivity index (χ0n) is 21.9. The summed E-state index contributed by atoms with van der Waals surface area (Å²) in [6.45, 7) is 29.0. The predicted octanol–water partition coefficient (Wildman–Crippen LogP) is 7.90. The van der Waals surface area contributed by atoms with E-state index in [1.165, 1.54) is 11.1 Å². The molecule has 174 valence electrons. The van der Waals surface area contributed by atoms with Crippen molar-refractivity contribution in [1.29, 1.82) is 0 Å². The molecular formula is C26H46O4. The van der Waals surface area contributed by atoms with Crippen LogP contribution >= 0.6 is 0 Å². The van der Waals surface area contributed by atoms with Gasteiger partial charge in [-0.2, -0.15) is 0 Å². The fraction of sp³-hybridized carbons (Fsp3) is 0.769. The van der Waals surface area contributed by atoms with E-state index in [0.717, 1.165) is 11.1 Å². The molecule has 0 fully saturated rings. The topological polar surface area (TPSA) is 36.9 Å². The van der Waals surface area contributed by atoms with Crippen molar-refractivity contribution in [3.63, 3.8) is 0 Å². The normalized spacial score (nSPS) is 14.1. The van der Waals surface area contributed by atoms with Crippen LogP contribution in [0.5, 0.6) is 0 Å². The second-order valence-electron chi connectivity index (χ2n) is 11.9. The van der Waals surface area contributed by atoms with Gasteiger partial charge in [0.25, 0.3) is 0 Å². The van der Waals surface area contributed by atoms with Crippen LogP contribution in [-0.4, -0.2) is 11.2 Å². The minimum absolute atomic E-state index is 0.314. The van der Waals surface area contributed by atoms with Gasteiger partial charge in [-0.05, 0) is 103 Å². The Bertz CT molecular complexity index is 701. The average Bonchev–Trinajstić information content (AvgIpc) is 2.55. The lowest BCUT2D eigenvalue weighted by molar-refractivity contribution is -0.407. The molecule has 0 heterocycles. The summed E-state index contributed by atoms with van der Waals surface area (Å²) in [5.74, 6) is 0.707. The van der Waals surface area contributed by atoms with Gasteiger partial charge in [-0.3, -0.25) is 0 Å². The van der Waals surface area contributed by atoms with Gasteiger partial charge in [0.1, 0.15) is 11.2 Å². The summed E-state index contributed by atoms with van der Waals surface area (Å²) in [6, 6.07) is 4.38. The average molecular weight is 423 g/mol. The molecule has 0 aliphatic rings. The van der Waals surface area contributed by atoms with Gasteiger partial charge in [0.15, 0.2) is 0 Å². The number of benzene rings is 1. The molecule has 1 aromatic rings. The molecule has 0 spiro atoms. The summed E-state index contributed by atoms with van der Waals surface area (Å²) in [5, 5.41) is 0. The zero-order valence-corrected chi connectivity index (χ0v) is 21.9. The highest BCUT2D eigenvalue weighted by Gasteiger charge is 2.39. The third-order valence-electron chi connectivity index (χ3n) is 4.73. The van der Waals surface area contributed by atoms with E-state index in [2.05, 4.69) is 53.7 Å². The quantitative estimate of drug-likeness (QED) is 0.315. The number of rotatable bonds is 8. The molecule has 1 rings (SSSR count). The standard InChI is InChI=1S/C26H46O4/c1-17(2)19-15-16-20(25(11,12)29-27-23(5,6)7)22(21(19)18(3)4)26(13,14)30-28-24(8,9)10/h15-18H,1-14H3. The summed E-state index contributed by atoms with van der Waals surface area (Å²) in [4.78, 5) is 23.6. The third-order valence-corrected chi connectivity index (χ3v) is 4.73. The molecule has 0 radical (unpaired) electrons. The van der Waals surface area contributed by atoms with E-state index in [1.54, 1.807) is 0 Å². The van der Waals surface area contributed by atoms with Gasteiger partial charge >= 0.3 is 0 Å². The number of hydrogen-bond acceptors (Lipinski definition) is 4. The van der Waals surface area contributed by atoms with Gasteiger partial charge in [-0.1, -0.05) is 39.8 Å². The number of hydrogen-bond donors (Lipinski definition) is 0. The Morgan fingerprint density at radius 2 is 1.00 bits per heavy atom. The van der Waals surface area contributed by atoms with Crippen molar-refractivity contribution >= 4 is 0 Å². The fourth-order valence-electron chi connectivity index (χ4n) is 3.46. The van der Waals surface area contributed by atoms with Gasteiger partial charge < -0.3 is 0 Å². The van der Waals surface area contributed by atoms with Crippen LogP contribution in [0.3, 0.4) is 0 Å². The van der Waals surface area contributed by atoms with Gasteiger partial charge in [-0.25, -0.2) is 19.6 Å². The minimum atomic E-state index is -0.685. The lowest BCUT2D eigenvalue weighted by atomic mass is 9.76. The Hall–Kier alpha value is -0.940. The maximum atomic E-state index is 6.09. The smallest absolute Gasteiger partial charge is 0.124 e. The molecule has 4 heteroatoms. The van der Waals surface area contributed by atoms with Crippen molar-refractivity contribution in [2.24, 2.45) is 0 Å². The van der Waals surface area contributed by atoms with Crippen LogP contribution in [0.4, 0.5) is 0 Å². The van der Waals surface area contributed by atoms with E-state index in [4.69, 9.17) is 19.6 Å². The zero-order chi connectivity index (χ0) is 23.7. The van der Waals surface area contributed by atoms with Crippen LogP contribution in [0, 0.1) is 0 Å². The van der Waals surface area contributed by atoms with Gasteiger partial charge in [-0.15, -0.1) is 0 Å². The van der Waals surface area contributed by atoms with Gasteiger partial charge in [0.05, 0.1) is 11.2 Å². The molecule has 0 saturated carbocycles. The molecule has 0 aliphatic heterocycles. The van der Waals surface area contributed by atoms with E-state index >= 15 is 0 Å². The van der Waals surface area contributed by atoms with Crippen molar-refractivity contribution < 1.29 is 19.6 Å². The van der Waals surface area contributed by atoms with Crippen LogP contribution in [0.2, 0.25) is 0 Å². The van der Waals surface area contributed by atoms with Crippen molar-refractivity contribution in [2.45, 2.75) is 131 Å². The summed E-state index contributed by atoms with van der Waals surface area (Å²) < 4.78 is 0. The van der Waals surface area contributed by atoms with Crippen LogP contribution < -0.4 is 0 Å². The summed E-state index contributed by atoms with van der Waals surface area (Å²) >= 11 is 0. The first-order chi connectivity index (χ1) is 13.3. The Balaban J connectivity index is 3.72. The Kier molecular flexibility index (Phi) is 8.38. The van der Waals surface area contributed by atoms with Crippen LogP contribution in [-0.2, 0) is 30.8 Å². The monoisotopic (exact) mass is 422 g/mol. The second kappa shape index (κ2) is 9.28.